The summed E-state index contributed by atoms with van der Waals surface area (Å²) in [5, 5.41) is 14.5. The van der Waals surface area contributed by atoms with Crippen LogP contribution in [-0.4, -0.2) is 29.8 Å². The average Bonchev–Trinajstić information content (AvgIpc) is 2.19. The van der Waals surface area contributed by atoms with E-state index >= 15 is 0 Å². The Bertz CT molecular complexity index is 191. The van der Waals surface area contributed by atoms with Crippen molar-refractivity contribution in [2.75, 3.05) is 6.61 Å². The lowest BCUT2D eigenvalue weighted by molar-refractivity contribution is 0.224. The highest BCUT2D eigenvalue weighted by molar-refractivity contribution is 5.74. The molecular formula is C11H22N2O2. The second-order valence-electron chi connectivity index (χ2n) is 4.37. The van der Waals surface area contributed by atoms with Gasteiger partial charge in [0, 0.05) is 18.7 Å². The van der Waals surface area contributed by atoms with E-state index in [1.54, 1.807) is 0 Å². The fourth-order valence-corrected chi connectivity index (χ4v) is 1.96. The van der Waals surface area contributed by atoms with Crippen molar-refractivity contribution in [1.82, 2.24) is 10.6 Å². The molecular weight excluding hydrogens is 192 g/mol. The zero-order valence-corrected chi connectivity index (χ0v) is 9.46. The first-order valence-corrected chi connectivity index (χ1v) is 5.90. The van der Waals surface area contributed by atoms with Crippen LogP contribution in [0.2, 0.25) is 0 Å². The smallest absolute Gasteiger partial charge is 0.315 e. The molecule has 0 heterocycles. The molecule has 0 radical (unpaired) electrons. The zero-order valence-electron chi connectivity index (χ0n) is 9.46. The summed E-state index contributed by atoms with van der Waals surface area (Å²) in [5.74, 6) is 0. The Morgan fingerprint density at radius 1 is 1.40 bits per heavy atom. The van der Waals surface area contributed by atoms with Gasteiger partial charge in [-0.2, -0.15) is 0 Å². The molecule has 0 aromatic carbocycles. The summed E-state index contributed by atoms with van der Waals surface area (Å²) in [6.45, 7) is 2.02. The lowest BCUT2D eigenvalue weighted by atomic mass is 9.96. The Labute approximate surface area is 91.4 Å². The molecule has 1 unspecified atom stereocenters. The lowest BCUT2D eigenvalue weighted by Crippen LogP contribution is -2.46. The minimum Gasteiger partial charge on any atom is -0.396 e. The van der Waals surface area contributed by atoms with Gasteiger partial charge < -0.3 is 15.7 Å². The van der Waals surface area contributed by atoms with Gasteiger partial charge in [0.15, 0.2) is 0 Å². The molecule has 3 N–H and O–H groups in total. The van der Waals surface area contributed by atoms with Gasteiger partial charge in [-0.15, -0.1) is 0 Å². The van der Waals surface area contributed by atoms with Crippen molar-refractivity contribution in [3.05, 3.63) is 0 Å². The summed E-state index contributed by atoms with van der Waals surface area (Å²) >= 11 is 0. The van der Waals surface area contributed by atoms with E-state index in [-0.39, 0.29) is 18.7 Å². The molecule has 0 saturated heterocycles. The average molecular weight is 214 g/mol. The van der Waals surface area contributed by atoms with Gasteiger partial charge >= 0.3 is 6.03 Å². The molecule has 2 amide bonds. The Kier molecular flexibility index (Phi) is 5.47. The maximum atomic E-state index is 11.5. The van der Waals surface area contributed by atoms with Crippen molar-refractivity contribution < 1.29 is 9.90 Å². The van der Waals surface area contributed by atoms with Gasteiger partial charge in [-0.05, 0) is 26.2 Å². The molecule has 0 spiro atoms. The number of carbonyl (C=O) groups is 1. The minimum atomic E-state index is -0.0946. The maximum Gasteiger partial charge on any atom is 0.315 e. The Morgan fingerprint density at radius 2 is 2.07 bits per heavy atom. The largest absolute Gasteiger partial charge is 0.396 e. The number of aliphatic hydroxyl groups excluding tert-OH is 1. The quantitative estimate of drug-likeness (QED) is 0.662. The van der Waals surface area contributed by atoms with E-state index in [1.165, 1.54) is 19.3 Å². The van der Waals surface area contributed by atoms with Crippen molar-refractivity contribution in [2.24, 2.45) is 0 Å². The second-order valence-corrected chi connectivity index (χ2v) is 4.37. The number of nitrogens with one attached hydrogen (secondary N) is 2. The van der Waals surface area contributed by atoms with Gasteiger partial charge in [0.2, 0.25) is 0 Å². The molecule has 4 heteroatoms. The molecule has 1 atom stereocenters. The van der Waals surface area contributed by atoms with Gasteiger partial charge in [0.25, 0.3) is 0 Å². The lowest BCUT2D eigenvalue weighted by Gasteiger charge is -2.24. The van der Waals surface area contributed by atoms with Gasteiger partial charge in [-0.25, -0.2) is 4.79 Å². The summed E-state index contributed by atoms with van der Waals surface area (Å²) < 4.78 is 0. The molecule has 1 fully saturated rings. The number of hydrogen-bond acceptors (Lipinski definition) is 2. The predicted octanol–water partition coefficient (Wildman–Crippen LogP) is 1.39. The Hall–Kier alpha value is -0.770. The van der Waals surface area contributed by atoms with Gasteiger partial charge in [-0.1, -0.05) is 19.3 Å². The fourth-order valence-electron chi connectivity index (χ4n) is 1.96. The summed E-state index contributed by atoms with van der Waals surface area (Å²) in [6, 6.07) is 0.293. The molecule has 0 aromatic rings. The van der Waals surface area contributed by atoms with Crippen molar-refractivity contribution in [2.45, 2.75) is 57.5 Å². The predicted molar refractivity (Wildman–Crippen MR) is 59.7 cm³/mol. The van der Waals surface area contributed by atoms with Crippen LogP contribution in [0.15, 0.2) is 0 Å². The topological polar surface area (TPSA) is 61.4 Å². The van der Waals surface area contributed by atoms with Crippen LogP contribution in [0.25, 0.3) is 0 Å². The summed E-state index contributed by atoms with van der Waals surface area (Å²) in [6.07, 6.45) is 6.54. The molecule has 88 valence electrons. The van der Waals surface area contributed by atoms with E-state index in [2.05, 4.69) is 10.6 Å². The molecule has 1 rings (SSSR count). The minimum absolute atomic E-state index is 0.0404. The zero-order chi connectivity index (χ0) is 11.1. The molecule has 1 saturated carbocycles. The first-order chi connectivity index (χ1) is 7.22. The molecule has 4 nitrogen and oxygen atoms in total. The highest BCUT2D eigenvalue weighted by Gasteiger charge is 2.16. The van der Waals surface area contributed by atoms with Crippen molar-refractivity contribution >= 4 is 6.03 Å². The van der Waals surface area contributed by atoms with Crippen molar-refractivity contribution in [3.8, 4) is 0 Å². The number of carbonyl (C=O) groups excluding carboxylic acids is 1. The van der Waals surface area contributed by atoms with Gasteiger partial charge in [-0.3, -0.25) is 0 Å². The van der Waals surface area contributed by atoms with Crippen LogP contribution in [0.3, 0.4) is 0 Å². The summed E-state index contributed by atoms with van der Waals surface area (Å²) in [7, 11) is 0. The third kappa shape index (κ3) is 5.02. The van der Waals surface area contributed by atoms with Crippen molar-refractivity contribution in [3.63, 3.8) is 0 Å². The first kappa shape index (κ1) is 12.3. The first-order valence-electron chi connectivity index (χ1n) is 5.90. The van der Waals surface area contributed by atoms with E-state index in [4.69, 9.17) is 5.11 Å². The van der Waals surface area contributed by atoms with Gasteiger partial charge in [0.1, 0.15) is 0 Å². The highest BCUT2D eigenvalue weighted by atomic mass is 16.3. The molecule has 0 aromatic heterocycles. The van der Waals surface area contributed by atoms with Crippen LogP contribution >= 0.6 is 0 Å². The molecule has 1 aliphatic carbocycles. The van der Waals surface area contributed by atoms with E-state index in [0.29, 0.717) is 12.5 Å². The normalized spacial score (nSPS) is 19.6. The van der Waals surface area contributed by atoms with Crippen LogP contribution < -0.4 is 10.6 Å². The molecule has 0 bridgehead atoms. The van der Waals surface area contributed by atoms with Gasteiger partial charge in [0.05, 0.1) is 0 Å². The number of rotatable bonds is 4. The van der Waals surface area contributed by atoms with Crippen LogP contribution in [0.4, 0.5) is 4.79 Å². The van der Waals surface area contributed by atoms with Crippen LogP contribution in [0, 0.1) is 0 Å². The monoisotopic (exact) mass is 214 g/mol. The highest BCUT2D eigenvalue weighted by Crippen LogP contribution is 2.17. The molecule has 15 heavy (non-hydrogen) atoms. The third-order valence-corrected chi connectivity index (χ3v) is 2.88. The number of urea groups is 1. The van der Waals surface area contributed by atoms with E-state index < -0.39 is 0 Å². The number of amides is 2. The van der Waals surface area contributed by atoms with Crippen LogP contribution in [0.5, 0.6) is 0 Å². The third-order valence-electron chi connectivity index (χ3n) is 2.88. The van der Waals surface area contributed by atoms with E-state index in [0.717, 1.165) is 12.8 Å². The van der Waals surface area contributed by atoms with Crippen molar-refractivity contribution in [1.29, 1.82) is 0 Å². The summed E-state index contributed by atoms with van der Waals surface area (Å²) in [5.41, 5.74) is 0. The number of hydrogen-bond donors (Lipinski definition) is 3. The van der Waals surface area contributed by atoms with E-state index in [9.17, 15) is 4.79 Å². The van der Waals surface area contributed by atoms with Crippen LogP contribution in [-0.2, 0) is 0 Å². The fraction of sp³-hybridized carbons (Fsp3) is 0.909. The summed E-state index contributed by atoms with van der Waals surface area (Å²) in [4.78, 5) is 11.5. The molecule has 1 aliphatic rings. The maximum absolute atomic E-state index is 11.5. The SMILES string of the molecule is CC(CCO)NC(=O)NC1CCCCC1. The second kappa shape index (κ2) is 6.67. The standard InChI is InChI=1S/C11H22N2O2/c1-9(7-8-14)12-11(15)13-10-5-3-2-4-6-10/h9-10,14H,2-8H2,1H3,(H2,12,13,15). The van der Waals surface area contributed by atoms with E-state index in [1.807, 2.05) is 6.92 Å². The Morgan fingerprint density at radius 3 is 2.67 bits per heavy atom. The van der Waals surface area contributed by atoms with Crippen LogP contribution in [0.1, 0.15) is 45.4 Å². The Balaban J connectivity index is 2.16. The number of aliphatic hydroxyl groups is 1. The molecule has 0 aliphatic heterocycles.